The minimum absolute atomic E-state index is 0.146. The van der Waals surface area contributed by atoms with Crippen LogP contribution in [0.4, 0.5) is 0 Å². The third-order valence-electron chi connectivity index (χ3n) is 3.92. The Hall–Kier alpha value is -2.70. The van der Waals surface area contributed by atoms with Gasteiger partial charge in [0.2, 0.25) is 5.88 Å². The topological polar surface area (TPSA) is 54.5 Å². The molecule has 2 aromatic heterocycles. The molecule has 1 amide bonds. The summed E-state index contributed by atoms with van der Waals surface area (Å²) >= 11 is 1.69. The van der Waals surface area contributed by atoms with Crippen LogP contribution in [0.25, 0.3) is 0 Å². The number of carbonyl (C=O) groups is 1. The van der Waals surface area contributed by atoms with Gasteiger partial charge in [0, 0.05) is 23.7 Å². The lowest BCUT2D eigenvalue weighted by molar-refractivity contribution is 0.0942. The van der Waals surface area contributed by atoms with Gasteiger partial charge in [-0.15, -0.1) is 11.3 Å². The van der Waals surface area contributed by atoms with Crippen molar-refractivity contribution >= 4 is 17.2 Å². The number of nitrogens with one attached hydrogen (secondary N) is 1. The summed E-state index contributed by atoms with van der Waals surface area (Å²) in [5, 5.41) is 5.03. The van der Waals surface area contributed by atoms with Crippen molar-refractivity contribution < 1.29 is 9.53 Å². The molecule has 0 bridgehead atoms. The van der Waals surface area contributed by atoms with Crippen LogP contribution < -0.4 is 10.1 Å². The Morgan fingerprint density at radius 1 is 1.15 bits per heavy atom. The van der Waals surface area contributed by atoms with Crippen LogP contribution in [0.5, 0.6) is 11.6 Å². The highest BCUT2D eigenvalue weighted by atomic mass is 32.1. The van der Waals surface area contributed by atoms with Gasteiger partial charge >= 0.3 is 0 Å². The monoisotopic (exact) mass is 367 g/mol. The molecule has 3 aromatic rings. The fraction of sp³-hybridized carbons (Fsp3) is 0.200. The maximum absolute atomic E-state index is 12.4. The van der Waals surface area contributed by atoms with Crippen LogP contribution in [0.3, 0.4) is 0 Å². The molecule has 1 unspecified atom stereocenters. The molecule has 1 atom stereocenters. The molecule has 134 valence electrons. The van der Waals surface area contributed by atoms with Crippen molar-refractivity contribution in [1.29, 1.82) is 0 Å². The quantitative estimate of drug-likeness (QED) is 0.687. The minimum atomic E-state index is -0.146. The lowest BCUT2D eigenvalue weighted by Gasteiger charge is -2.23. The number of aromatic nitrogens is 1. The number of para-hydroxylation sites is 1. The lowest BCUT2D eigenvalue weighted by atomic mass is 10.2. The molecule has 1 aromatic carbocycles. The maximum atomic E-state index is 12.4. The molecule has 0 saturated heterocycles. The molecule has 2 heterocycles. The zero-order chi connectivity index (χ0) is 18.4. The number of hydrogen-bond acceptors (Lipinski definition) is 5. The summed E-state index contributed by atoms with van der Waals surface area (Å²) < 4.78 is 5.64. The maximum Gasteiger partial charge on any atom is 0.252 e. The highest BCUT2D eigenvalue weighted by Gasteiger charge is 2.17. The first-order chi connectivity index (χ1) is 12.6. The molecule has 0 saturated carbocycles. The number of thiophene rings is 1. The standard InChI is InChI=1S/C20H21N3O2S/c1-23(2)17(18-9-6-12-26-18)14-22-20(24)15-10-11-19(21-13-15)25-16-7-4-3-5-8-16/h3-13,17H,14H2,1-2H3,(H,22,24). The van der Waals surface area contributed by atoms with E-state index in [2.05, 4.69) is 21.3 Å². The zero-order valence-electron chi connectivity index (χ0n) is 14.8. The number of likely N-dealkylation sites (N-methyl/N-ethyl adjacent to an activating group) is 1. The first-order valence-corrected chi connectivity index (χ1v) is 9.18. The summed E-state index contributed by atoms with van der Waals surface area (Å²) in [7, 11) is 4.02. The first kappa shape index (κ1) is 18.1. The average Bonchev–Trinajstić information content (AvgIpc) is 3.17. The van der Waals surface area contributed by atoms with Gasteiger partial charge in [0.1, 0.15) is 5.75 Å². The van der Waals surface area contributed by atoms with Gasteiger partial charge in [0.05, 0.1) is 11.6 Å². The van der Waals surface area contributed by atoms with E-state index >= 15 is 0 Å². The zero-order valence-corrected chi connectivity index (χ0v) is 15.6. The number of hydrogen-bond donors (Lipinski definition) is 1. The number of carbonyl (C=O) groups excluding carboxylic acids is 1. The number of benzene rings is 1. The Morgan fingerprint density at radius 2 is 1.96 bits per heavy atom. The van der Waals surface area contributed by atoms with Crippen molar-refractivity contribution in [3.05, 3.63) is 76.6 Å². The Balaban J connectivity index is 1.59. The molecule has 0 aliphatic carbocycles. The van der Waals surface area contributed by atoms with Gasteiger partial charge in [-0.05, 0) is 43.7 Å². The summed E-state index contributed by atoms with van der Waals surface area (Å²) in [6, 6.07) is 17.1. The lowest BCUT2D eigenvalue weighted by Crippen LogP contribution is -2.34. The van der Waals surface area contributed by atoms with Crippen LogP contribution in [-0.2, 0) is 0 Å². The number of ether oxygens (including phenoxy) is 1. The van der Waals surface area contributed by atoms with Crippen molar-refractivity contribution in [2.45, 2.75) is 6.04 Å². The van der Waals surface area contributed by atoms with Gasteiger partial charge in [-0.3, -0.25) is 4.79 Å². The molecule has 6 heteroatoms. The minimum Gasteiger partial charge on any atom is -0.439 e. The normalized spacial score (nSPS) is 12.0. The largest absolute Gasteiger partial charge is 0.439 e. The SMILES string of the molecule is CN(C)C(CNC(=O)c1ccc(Oc2ccccc2)nc1)c1cccs1. The molecular formula is C20H21N3O2S. The van der Waals surface area contributed by atoms with Crippen molar-refractivity contribution in [2.75, 3.05) is 20.6 Å². The molecule has 5 nitrogen and oxygen atoms in total. The van der Waals surface area contributed by atoms with Gasteiger partial charge in [-0.2, -0.15) is 0 Å². The molecule has 0 aliphatic rings. The summed E-state index contributed by atoms with van der Waals surface area (Å²) in [5.74, 6) is 1.02. The second-order valence-corrected chi connectivity index (χ2v) is 6.98. The Labute approximate surface area is 157 Å². The van der Waals surface area contributed by atoms with E-state index in [1.54, 1.807) is 23.5 Å². The summed E-state index contributed by atoms with van der Waals surface area (Å²) in [4.78, 5) is 19.9. The van der Waals surface area contributed by atoms with Crippen LogP contribution in [0, 0.1) is 0 Å². The predicted octanol–water partition coefficient (Wildman–Crippen LogP) is 3.97. The van der Waals surface area contributed by atoms with E-state index in [1.165, 1.54) is 11.1 Å². The molecule has 0 spiro atoms. The van der Waals surface area contributed by atoms with Gasteiger partial charge in [-0.25, -0.2) is 4.98 Å². The van der Waals surface area contributed by atoms with Crippen molar-refractivity contribution in [2.24, 2.45) is 0 Å². The van der Waals surface area contributed by atoms with Crippen LogP contribution in [0.2, 0.25) is 0 Å². The van der Waals surface area contributed by atoms with E-state index in [0.29, 0.717) is 23.7 Å². The second kappa shape index (κ2) is 8.60. The van der Waals surface area contributed by atoms with E-state index in [-0.39, 0.29) is 11.9 Å². The van der Waals surface area contributed by atoms with Gasteiger partial charge in [-0.1, -0.05) is 24.3 Å². The second-order valence-electron chi connectivity index (χ2n) is 6.01. The third kappa shape index (κ3) is 4.68. The third-order valence-corrected chi connectivity index (χ3v) is 4.89. The number of rotatable bonds is 7. The Morgan fingerprint density at radius 3 is 2.58 bits per heavy atom. The average molecular weight is 367 g/mol. The molecular weight excluding hydrogens is 346 g/mol. The van der Waals surface area contributed by atoms with E-state index < -0.39 is 0 Å². The Bertz CT molecular complexity index is 818. The molecule has 3 rings (SSSR count). The highest BCUT2D eigenvalue weighted by Crippen LogP contribution is 2.22. The van der Waals surface area contributed by atoms with Crippen LogP contribution in [0.15, 0.2) is 66.2 Å². The van der Waals surface area contributed by atoms with Gasteiger partial charge in [0.25, 0.3) is 5.91 Å². The summed E-state index contributed by atoms with van der Waals surface area (Å²) in [6.45, 7) is 0.536. The van der Waals surface area contributed by atoms with Crippen LogP contribution >= 0.6 is 11.3 Å². The fourth-order valence-corrected chi connectivity index (χ4v) is 3.42. The summed E-state index contributed by atoms with van der Waals surface area (Å²) in [5.41, 5.74) is 0.508. The molecule has 0 aliphatic heterocycles. The molecule has 26 heavy (non-hydrogen) atoms. The van der Waals surface area contributed by atoms with E-state index in [0.717, 1.165) is 0 Å². The number of pyridine rings is 1. The predicted molar refractivity (Wildman–Crippen MR) is 104 cm³/mol. The number of nitrogens with zero attached hydrogens (tertiary/aromatic N) is 2. The van der Waals surface area contributed by atoms with Crippen molar-refractivity contribution in [3.8, 4) is 11.6 Å². The number of amides is 1. The van der Waals surface area contributed by atoms with Gasteiger partial charge < -0.3 is 15.0 Å². The van der Waals surface area contributed by atoms with E-state index in [9.17, 15) is 4.79 Å². The highest BCUT2D eigenvalue weighted by molar-refractivity contribution is 7.10. The van der Waals surface area contributed by atoms with E-state index in [1.807, 2.05) is 55.9 Å². The molecule has 1 N–H and O–H groups in total. The van der Waals surface area contributed by atoms with Gasteiger partial charge in [0.15, 0.2) is 0 Å². The molecule has 0 radical (unpaired) electrons. The van der Waals surface area contributed by atoms with Crippen molar-refractivity contribution in [3.63, 3.8) is 0 Å². The fourth-order valence-electron chi connectivity index (χ4n) is 2.49. The van der Waals surface area contributed by atoms with Crippen LogP contribution in [-0.4, -0.2) is 36.4 Å². The summed E-state index contributed by atoms with van der Waals surface area (Å²) in [6.07, 6.45) is 1.53. The van der Waals surface area contributed by atoms with Crippen molar-refractivity contribution in [1.82, 2.24) is 15.2 Å². The molecule has 0 fully saturated rings. The van der Waals surface area contributed by atoms with Crippen LogP contribution in [0.1, 0.15) is 21.3 Å². The smallest absolute Gasteiger partial charge is 0.252 e. The van der Waals surface area contributed by atoms with E-state index in [4.69, 9.17) is 4.74 Å². The first-order valence-electron chi connectivity index (χ1n) is 8.30. The Kier molecular flexibility index (Phi) is 5.99.